The Kier molecular flexibility index (Phi) is 7.26. The molecule has 0 saturated heterocycles. The standard InChI is InChI=1S/C24H21ClN4O3S/c1-17-26-27-24(29(17)19-10-3-2-4-11-19)33-23(15-28(30)31)20-12-6-8-14-22(20)32-16-18-9-5-7-13-21(18)25/h2-14,23H,15-16H2,1H3/t23-/m1/s1. The van der Waals surface area contributed by atoms with Gasteiger partial charge in [0.1, 0.15) is 23.4 Å². The molecule has 7 nitrogen and oxygen atoms in total. The molecule has 1 heterocycles. The number of rotatable bonds is 9. The second-order valence-electron chi connectivity index (χ2n) is 7.24. The third-order valence-electron chi connectivity index (χ3n) is 4.98. The van der Waals surface area contributed by atoms with Crippen LogP contribution in [0.1, 0.15) is 22.2 Å². The fourth-order valence-electron chi connectivity index (χ4n) is 3.40. The fourth-order valence-corrected chi connectivity index (χ4v) is 4.80. The number of para-hydroxylation sites is 2. The first-order chi connectivity index (χ1) is 16.0. The van der Waals surface area contributed by atoms with Gasteiger partial charge in [0.15, 0.2) is 5.16 Å². The minimum absolute atomic E-state index is 0.256. The van der Waals surface area contributed by atoms with E-state index in [1.165, 1.54) is 11.8 Å². The number of hydrogen-bond acceptors (Lipinski definition) is 6. The van der Waals surface area contributed by atoms with Gasteiger partial charge in [-0.3, -0.25) is 14.7 Å². The van der Waals surface area contributed by atoms with Gasteiger partial charge < -0.3 is 4.74 Å². The Labute approximate surface area is 200 Å². The van der Waals surface area contributed by atoms with E-state index in [0.717, 1.165) is 11.3 Å². The Balaban J connectivity index is 1.65. The van der Waals surface area contributed by atoms with Gasteiger partial charge in [0.05, 0.1) is 0 Å². The summed E-state index contributed by atoms with van der Waals surface area (Å²) < 4.78 is 7.95. The third-order valence-corrected chi connectivity index (χ3v) is 6.51. The molecule has 168 valence electrons. The maximum absolute atomic E-state index is 11.6. The molecule has 0 bridgehead atoms. The molecule has 0 radical (unpaired) electrons. The lowest BCUT2D eigenvalue weighted by Crippen LogP contribution is -2.12. The van der Waals surface area contributed by atoms with E-state index in [-0.39, 0.29) is 18.1 Å². The largest absolute Gasteiger partial charge is 0.489 e. The van der Waals surface area contributed by atoms with Crippen LogP contribution in [0.2, 0.25) is 5.02 Å². The number of hydrogen-bond donors (Lipinski definition) is 0. The molecule has 0 aliphatic carbocycles. The van der Waals surface area contributed by atoms with Crippen molar-refractivity contribution in [3.63, 3.8) is 0 Å². The minimum Gasteiger partial charge on any atom is -0.489 e. The van der Waals surface area contributed by atoms with Gasteiger partial charge in [-0.15, -0.1) is 10.2 Å². The van der Waals surface area contributed by atoms with Crippen LogP contribution in [-0.4, -0.2) is 26.2 Å². The van der Waals surface area contributed by atoms with Crippen molar-refractivity contribution < 1.29 is 9.66 Å². The molecule has 0 fully saturated rings. The first kappa shape index (κ1) is 22.8. The highest BCUT2D eigenvalue weighted by atomic mass is 35.5. The number of thioether (sulfide) groups is 1. The smallest absolute Gasteiger partial charge is 0.220 e. The summed E-state index contributed by atoms with van der Waals surface area (Å²) in [7, 11) is 0. The molecule has 0 aliphatic heterocycles. The molecule has 0 amide bonds. The number of nitrogens with zero attached hydrogens (tertiary/aromatic N) is 4. The van der Waals surface area contributed by atoms with Crippen LogP contribution in [-0.2, 0) is 6.61 Å². The number of halogens is 1. The van der Waals surface area contributed by atoms with Crippen molar-refractivity contribution in [2.75, 3.05) is 6.54 Å². The quantitative estimate of drug-likeness (QED) is 0.168. The summed E-state index contributed by atoms with van der Waals surface area (Å²) in [6, 6.07) is 24.5. The highest BCUT2D eigenvalue weighted by molar-refractivity contribution is 7.99. The predicted molar refractivity (Wildman–Crippen MR) is 129 cm³/mol. The summed E-state index contributed by atoms with van der Waals surface area (Å²) in [5, 5.41) is 20.7. The van der Waals surface area contributed by atoms with Crippen LogP contribution in [0, 0.1) is 17.0 Å². The molecule has 9 heteroatoms. The van der Waals surface area contributed by atoms with Crippen molar-refractivity contribution in [2.45, 2.75) is 23.9 Å². The fraction of sp³-hybridized carbons (Fsp3) is 0.167. The average Bonchev–Trinajstić information content (AvgIpc) is 3.18. The van der Waals surface area contributed by atoms with Crippen LogP contribution in [0.15, 0.2) is 84.0 Å². The van der Waals surface area contributed by atoms with Crippen molar-refractivity contribution in [1.82, 2.24) is 14.8 Å². The molecule has 0 saturated carbocycles. The Bertz CT molecular complexity index is 1250. The van der Waals surface area contributed by atoms with Gasteiger partial charge in [0, 0.05) is 26.8 Å². The molecule has 33 heavy (non-hydrogen) atoms. The summed E-state index contributed by atoms with van der Waals surface area (Å²) >= 11 is 7.55. The zero-order valence-electron chi connectivity index (χ0n) is 17.8. The lowest BCUT2D eigenvalue weighted by Gasteiger charge is -2.18. The number of nitro groups is 1. The first-order valence-corrected chi connectivity index (χ1v) is 11.5. The summed E-state index contributed by atoms with van der Waals surface area (Å²) in [6.07, 6.45) is 0. The van der Waals surface area contributed by atoms with E-state index < -0.39 is 5.25 Å². The maximum atomic E-state index is 11.6. The average molecular weight is 481 g/mol. The summed E-state index contributed by atoms with van der Waals surface area (Å²) in [6.45, 7) is 1.82. The van der Waals surface area contributed by atoms with Gasteiger partial charge in [-0.2, -0.15) is 0 Å². The van der Waals surface area contributed by atoms with E-state index in [9.17, 15) is 10.1 Å². The van der Waals surface area contributed by atoms with Crippen molar-refractivity contribution in [2.24, 2.45) is 0 Å². The first-order valence-electron chi connectivity index (χ1n) is 10.2. The molecule has 3 aromatic carbocycles. The van der Waals surface area contributed by atoms with Crippen LogP contribution in [0.5, 0.6) is 5.75 Å². The van der Waals surface area contributed by atoms with Gasteiger partial charge in [0.25, 0.3) is 0 Å². The molecule has 0 N–H and O–H groups in total. The number of aromatic nitrogens is 3. The van der Waals surface area contributed by atoms with Crippen LogP contribution in [0.4, 0.5) is 0 Å². The molecular formula is C24H21ClN4O3S. The van der Waals surface area contributed by atoms with Crippen molar-refractivity contribution in [3.8, 4) is 11.4 Å². The Hall–Kier alpha value is -3.36. The zero-order valence-corrected chi connectivity index (χ0v) is 19.4. The second kappa shape index (κ2) is 10.5. The minimum atomic E-state index is -0.534. The number of aryl methyl sites for hydroxylation is 1. The molecule has 1 aromatic heterocycles. The number of benzene rings is 3. The van der Waals surface area contributed by atoms with E-state index in [1.807, 2.05) is 84.3 Å². The SMILES string of the molecule is Cc1nnc(S[C@H](C[N+](=O)[O-])c2ccccc2OCc2ccccc2Cl)n1-c1ccccc1. The molecule has 0 spiro atoms. The van der Waals surface area contributed by atoms with Gasteiger partial charge in [-0.25, -0.2) is 0 Å². The van der Waals surface area contributed by atoms with Gasteiger partial charge >= 0.3 is 0 Å². The third kappa shape index (κ3) is 5.53. The summed E-state index contributed by atoms with van der Waals surface area (Å²) in [4.78, 5) is 11.2. The van der Waals surface area contributed by atoms with Gasteiger partial charge in [-0.05, 0) is 31.2 Å². The van der Waals surface area contributed by atoms with Gasteiger partial charge in [0.2, 0.25) is 6.54 Å². The summed E-state index contributed by atoms with van der Waals surface area (Å²) in [5.41, 5.74) is 2.45. The number of ether oxygens (including phenoxy) is 1. The Morgan fingerprint density at radius 1 is 1.03 bits per heavy atom. The molecule has 0 unspecified atom stereocenters. The van der Waals surface area contributed by atoms with Crippen LogP contribution in [0.3, 0.4) is 0 Å². The lowest BCUT2D eigenvalue weighted by atomic mass is 10.1. The van der Waals surface area contributed by atoms with E-state index in [4.69, 9.17) is 16.3 Å². The Morgan fingerprint density at radius 3 is 2.48 bits per heavy atom. The highest BCUT2D eigenvalue weighted by Gasteiger charge is 2.26. The maximum Gasteiger partial charge on any atom is 0.220 e. The highest BCUT2D eigenvalue weighted by Crippen LogP contribution is 2.40. The van der Waals surface area contributed by atoms with Crippen molar-refractivity contribution in [1.29, 1.82) is 0 Å². The Morgan fingerprint density at radius 2 is 1.73 bits per heavy atom. The second-order valence-corrected chi connectivity index (χ2v) is 8.82. The van der Waals surface area contributed by atoms with Crippen LogP contribution in [0.25, 0.3) is 5.69 Å². The predicted octanol–water partition coefficient (Wildman–Crippen LogP) is 5.92. The van der Waals surface area contributed by atoms with E-state index in [1.54, 1.807) is 6.07 Å². The zero-order chi connectivity index (χ0) is 23.2. The normalized spacial score (nSPS) is 11.8. The topological polar surface area (TPSA) is 83.1 Å². The van der Waals surface area contributed by atoms with Crippen molar-refractivity contribution >= 4 is 23.4 Å². The molecule has 4 rings (SSSR count). The van der Waals surface area contributed by atoms with Gasteiger partial charge in [-0.1, -0.05) is 78.0 Å². The van der Waals surface area contributed by atoms with Crippen LogP contribution < -0.4 is 4.74 Å². The molecule has 4 aromatic rings. The lowest BCUT2D eigenvalue weighted by molar-refractivity contribution is -0.479. The monoisotopic (exact) mass is 480 g/mol. The van der Waals surface area contributed by atoms with Crippen molar-refractivity contribution in [3.05, 3.63) is 111 Å². The molecule has 1 atom stereocenters. The van der Waals surface area contributed by atoms with E-state index >= 15 is 0 Å². The molecule has 0 aliphatic rings. The van der Waals surface area contributed by atoms with E-state index in [2.05, 4.69) is 10.2 Å². The summed E-state index contributed by atoms with van der Waals surface area (Å²) in [5.74, 6) is 1.27. The van der Waals surface area contributed by atoms with E-state index in [0.29, 0.717) is 27.3 Å². The van der Waals surface area contributed by atoms with Crippen LogP contribution >= 0.6 is 23.4 Å². The molecular weight excluding hydrogens is 460 g/mol.